The Kier molecular flexibility index (Phi) is 5.63. The molecular formula is C21H26F3N3. The Hall–Kier alpha value is -2.24. The number of hydrogen-bond donors (Lipinski definition) is 0. The van der Waals surface area contributed by atoms with Gasteiger partial charge in [-0.1, -0.05) is 43.7 Å². The minimum absolute atomic E-state index is 0.409. The van der Waals surface area contributed by atoms with Gasteiger partial charge in [0.2, 0.25) is 0 Å². The molecule has 0 saturated heterocycles. The van der Waals surface area contributed by atoms with Crippen LogP contribution < -0.4 is 0 Å². The molecule has 1 aromatic rings. The highest BCUT2D eigenvalue weighted by Crippen LogP contribution is 2.34. The van der Waals surface area contributed by atoms with Crippen LogP contribution in [0.1, 0.15) is 43.5 Å². The first-order chi connectivity index (χ1) is 12.8. The number of likely N-dealkylation sites (N-methyl/N-ethyl adjacent to an activating group) is 1. The number of alkyl halides is 3. The third kappa shape index (κ3) is 4.54. The minimum atomic E-state index is -4.43. The van der Waals surface area contributed by atoms with Crippen LogP contribution in [0, 0.1) is 5.92 Å². The van der Waals surface area contributed by atoms with Crippen molar-refractivity contribution >= 4 is 5.57 Å². The molecule has 1 heterocycles. The number of rotatable bonds is 5. The predicted octanol–water partition coefficient (Wildman–Crippen LogP) is 5.44. The van der Waals surface area contributed by atoms with Crippen molar-refractivity contribution in [1.82, 2.24) is 14.7 Å². The summed E-state index contributed by atoms with van der Waals surface area (Å²) in [6, 6.07) is 1.19. The van der Waals surface area contributed by atoms with E-state index in [4.69, 9.17) is 0 Å². The lowest BCUT2D eigenvalue weighted by Crippen LogP contribution is -2.13. The van der Waals surface area contributed by atoms with E-state index in [9.17, 15) is 13.2 Å². The van der Waals surface area contributed by atoms with Gasteiger partial charge in [-0.25, -0.2) is 0 Å². The van der Waals surface area contributed by atoms with Crippen LogP contribution in [0.2, 0.25) is 0 Å². The Morgan fingerprint density at radius 3 is 2.63 bits per heavy atom. The van der Waals surface area contributed by atoms with E-state index in [1.165, 1.54) is 6.07 Å². The molecule has 0 bridgehead atoms. The van der Waals surface area contributed by atoms with Crippen LogP contribution in [0.4, 0.5) is 13.2 Å². The number of halogens is 3. The number of hydrogen-bond acceptors (Lipinski definition) is 2. The summed E-state index contributed by atoms with van der Waals surface area (Å²) in [6.45, 7) is 4.61. The SMILES string of the molecule is C=C(C1=CCC(c2cc(C(F)(F)F)nn2CC2CCCC2)=CC=C1)N(C)C. The number of allylic oxidation sites excluding steroid dienone is 5. The second-order valence-corrected chi connectivity index (χ2v) is 7.50. The van der Waals surface area contributed by atoms with Gasteiger partial charge in [0.05, 0.1) is 5.69 Å². The monoisotopic (exact) mass is 377 g/mol. The van der Waals surface area contributed by atoms with Gasteiger partial charge in [0.1, 0.15) is 0 Å². The summed E-state index contributed by atoms with van der Waals surface area (Å²) in [5.74, 6) is 0.409. The van der Waals surface area contributed by atoms with Gasteiger partial charge in [-0.05, 0) is 42.4 Å². The Bertz CT molecular complexity index is 788. The Morgan fingerprint density at radius 1 is 1.30 bits per heavy atom. The van der Waals surface area contributed by atoms with Gasteiger partial charge in [0, 0.05) is 26.3 Å². The molecule has 0 aliphatic heterocycles. The van der Waals surface area contributed by atoms with E-state index in [1.54, 1.807) is 4.68 Å². The van der Waals surface area contributed by atoms with Crippen LogP contribution in [-0.2, 0) is 12.7 Å². The highest BCUT2D eigenvalue weighted by molar-refractivity contribution is 5.68. The maximum atomic E-state index is 13.3. The summed E-state index contributed by atoms with van der Waals surface area (Å²) in [7, 11) is 3.84. The normalized spacial score (nSPS) is 18.3. The summed E-state index contributed by atoms with van der Waals surface area (Å²) in [4.78, 5) is 1.92. The molecule has 0 unspecified atom stereocenters. The zero-order chi connectivity index (χ0) is 19.6. The van der Waals surface area contributed by atoms with Gasteiger partial charge >= 0.3 is 6.18 Å². The molecule has 2 aliphatic carbocycles. The van der Waals surface area contributed by atoms with Crippen molar-refractivity contribution in [3.05, 3.63) is 59.6 Å². The van der Waals surface area contributed by atoms with E-state index in [2.05, 4.69) is 11.7 Å². The van der Waals surface area contributed by atoms with Gasteiger partial charge in [-0.15, -0.1) is 0 Å². The lowest BCUT2D eigenvalue weighted by Gasteiger charge is -2.16. The molecule has 0 N–H and O–H groups in total. The molecule has 146 valence electrons. The van der Waals surface area contributed by atoms with Crippen molar-refractivity contribution in [1.29, 1.82) is 0 Å². The molecule has 6 heteroatoms. The maximum Gasteiger partial charge on any atom is 0.435 e. The summed E-state index contributed by atoms with van der Waals surface area (Å²) in [5.41, 5.74) is 2.44. The molecule has 0 atom stereocenters. The molecule has 3 rings (SSSR count). The first kappa shape index (κ1) is 19.5. The van der Waals surface area contributed by atoms with Gasteiger partial charge < -0.3 is 4.90 Å². The van der Waals surface area contributed by atoms with Crippen molar-refractivity contribution in [3.63, 3.8) is 0 Å². The van der Waals surface area contributed by atoms with E-state index >= 15 is 0 Å². The third-order valence-electron chi connectivity index (χ3n) is 5.29. The van der Waals surface area contributed by atoms with Crippen molar-refractivity contribution in [2.75, 3.05) is 14.1 Å². The smallest absolute Gasteiger partial charge is 0.378 e. The third-order valence-corrected chi connectivity index (χ3v) is 5.29. The van der Waals surface area contributed by atoms with Gasteiger partial charge in [-0.2, -0.15) is 18.3 Å². The van der Waals surface area contributed by atoms with Crippen molar-refractivity contribution in [3.8, 4) is 0 Å². The largest absolute Gasteiger partial charge is 0.435 e. The fourth-order valence-electron chi connectivity index (χ4n) is 3.68. The maximum absolute atomic E-state index is 13.3. The molecule has 0 amide bonds. The summed E-state index contributed by atoms with van der Waals surface area (Å²) >= 11 is 0. The number of nitrogens with zero attached hydrogens (tertiary/aromatic N) is 3. The predicted molar refractivity (Wildman–Crippen MR) is 102 cm³/mol. The fraction of sp³-hybridized carbons (Fsp3) is 0.476. The van der Waals surface area contributed by atoms with Crippen LogP contribution in [0.15, 0.2) is 48.2 Å². The second-order valence-electron chi connectivity index (χ2n) is 7.50. The average molecular weight is 377 g/mol. The molecule has 1 fully saturated rings. The van der Waals surface area contributed by atoms with Gasteiger partial charge in [-0.3, -0.25) is 4.68 Å². The lowest BCUT2D eigenvalue weighted by atomic mass is 10.1. The van der Waals surface area contributed by atoms with E-state index in [-0.39, 0.29) is 0 Å². The fourth-order valence-corrected chi connectivity index (χ4v) is 3.68. The number of aromatic nitrogens is 2. The average Bonchev–Trinajstić information content (AvgIpc) is 3.19. The molecule has 2 aliphatic rings. The highest BCUT2D eigenvalue weighted by atomic mass is 19.4. The van der Waals surface area contributed by atoms with E-state index in [0.717, 1.165) is 42.5 Å². The van der Waals surface area contributed by atoms with E-state index < -0.39 is 11.9 Å². The highest BCUT2D eigenvalue weighted by Gasteiger charge is 2.35. The topological polar surface area (TPSA) is 21.1 Å². The molecule has 0 spiro atoms. The van der Waals surface area contributed by atoms with Crippen molar-refractivity contribution in [2.45, 2.75) is 44.8 Å². The minimum Gasteiger partial charge on any atom is -0.378 e. The molecule has 1 aromatic heterocycles. The molecule has 27 heavy (non-hydrogen) atoms. The van der Waals surface area contributed by atoms with E-state index in [0.29, 0.717) is 24.6 Å². The van der Waals surface area contributed by atoms with Gasteiger partial charge in [0.15, 0.2) is 5.69 Å². The van der Waals surface area contributed by atoms with Crippen LogP contribution in [0.25, 0.3) is 5.57 Å². The van der Waals surface area contributed by atoms with Crippen molar-refractivity contribution < 1.29 is 13.2 Å². The lowest BCUT2D eigenvalue weighted by molar-refractivity contribution is -0.141. The zero-order valence-corrected chi connectivity index (χ0v) is 15.9. The molecular weight excluding hydrogens is 351 g/mol. The molecule has 3 nitrogen and oxygen atoms in total. The zero-order valence-electron chi connectivity index (χ0n) is 15.9. The quantitative estimate of drug-likeness (QED) is 0.682. The molecule has 0 aromatic carbocycles. The Balaban J connectivity index is 1.90. The standard InChI is InChI=1S/C21H26F3N3/c1-15(26(2)3)17-9-6-10-18(12-11-17)19-13-20(21(22,23)24)25-27(19)14-16-7-4-5-8-16/h6,9-11,13,16H,1,4-5,7-8,12,14H2,2-3H3. The summed E-state index contributed by atoms with van der Waals surface area (Å²) < 4.78 is 41.3. The second kappa shape index (κ2) is 7.79. The Morgan fingerprint density at radius 2 is 2.00 bits per heavy atom. The summed E-state index contributed by atoms with van der Waals surface area (Å²) in [5, 5.41) is 3.91. The van der Waals surface area contributed by atoms with Crippen LogP contribution >= 0.6 is 0 Å². The van der Waals surface area contributed by atoms with E-state index in [1.807, 2.05) is 43.3 Å². The van der Waals surface area contributed by atoms with Crippen molar-refractivity contribution in [2.24, 2.45) is 5.92 Å². The first-order valence-corrected chi connectivity index (χ1v) is 9.35. The summed E-state index contributed by atoms with van der Waals surface area (Å²) in [6.07, 6.45) is 8.25. The first-order valence-electron chi connectivity index (χ1n) is 9.35. The molecule has 0 radical (unpaired) electrons. The van der Waals surface area contributed by atoms with Gasteiger partial charge in [0.25, 0.3) is 0 Å². The Labute approximate surface area is 158 Å². The van der Waals surface area contributed by atoms with Crippen LogP contribution in [0.3, 0.4) is 0 Å². The van der Waals surface area contributed by atoms with Crippen LogP contribution in [0.5, 0.6) is 0 Å². The van der Waals surface area contributed by atoms with Crippen LogP contribution in [-0.4, -0.2) is 28.8 Å². The molecule has 1 saturated carbocycles.